The predicted molar refractivity (Wildman–Crippen MR) is 87.7 cm³/mol. The first-order valence-corrected chi connectivity index (χ1v) is 8.29. The largest absolute Gasteiger partial charge is 0.314 e. The van der Waals surface area contributed by atoms with Crippen LogP contribution in [0, 0.1) is 0 Å². The molecule has 0 amide bonds. The van der Waals surface area contributed by atoms with E-state index in [0.29, 0.717) is 12.1 Å². The van der Waals surface area contributed by atoms with E-state index in [1.807, 2.05) is 12.3 Å². The molecule has 1 fully saturated rings. The summed E-state index contributed by atoms with van der Waals surface area (Å²) in [4.78, 5) is 14.1. The lowest BCUT2D eigenvalue weighted by Gasteiger charge is -2.35. The van der Waals surface area contributed by atoms with Crippen molar-refractivity contribution in [1.29, 1.82) is 0 Å². The summed E-state index contributed by atoms with van der Waals surface area (Å²) < 4.78 is 1.80. The Bertz CT molecular complexity index is 463. The molecular formula is C17H29N3O. The Morgan fingerprint density at radius 2 is 2.05 bits per heavy atom. The topological polar surface area (TPSA) is 37.3 Å². The van der Waals surface area contributed by atoms with Crippen molar-refractivity contribution in [3.63, 3.8) is 0 Å². The predicted octanol–water partition coefficient (Wildman–Crippen LogP) is 2.09. The van der Waals surface area contributed by atoms with E-state index in [0.717, 1.165) is 19.6 Å². The molecule has 0 spiro atoms. The molecule has 1 aliphatic rings. The van der Waals surface area contributed by atoms with Gasteiger partial charge >= 0.3 is 0 Å². The first-order valence-electron chi connectivity index (χ1n) is 8.29. The molecule has 1 heterocycles. The standard InChI is InChI=1S/C17H29N3O/c1-3-11-18-15-7-9-16(10-8-15)19(2)13-14-20-12-5-4-6-17(20)21/h4-6,12,15-16,18H,3,7-11,13-14H2,1-2H3. The molecule has 0 saturated heterocycles. The molecule has 1 aromatic heterocycles. The van der Waals surface area contributed by atoms with Gasteiger partial charge < -0.3 is 14.8 Å². The summed E-state index contributed by atoms with van der Waals surface area (Å²) in [6.07, 6.45) is 8.18. The van der Waals surface area contributed by atoms with Crippen LogP contribution in [-0.4, -0.2) is 41.7 Å². The molecule has 0 radical (unpaired) electrons. The van der Waals surface area contributed by atoms with E-state index < -0.39 is 0 Å². The summed E-state index contributed by atoms with van der Waals surface area (Å²) in [5.41, 5.74) is 0.0957. The van der Waals surface area contributed by atoms with Crippen molar-refractivity contribution < 1.29 is 0 Å². The highest BCUT2D eigenvalue weighted by atomic mass is 16.1. The lowest BCUT2D eigenvalue weighted by molar-refractivity contribution is 0.169. The summed E-state index contributed by atoms with van der Waals surface area (Å²) in [5, 5.41) is 3.63. The number of nitrogens with zero attached hydrogens (tertiary/aromatic N) is 2. The van der Waals surface area contributed by atoms with Gasteiger partial charge in [0.25, 0.3) is 5.56 Å². The molecule has 1 aliphatic carbocycles. The Hall–Kier alpha value is -1.13. The second kappa shape index (κ2) is 8.35. The van der Waals surface area contributed by atoms with Crippen LogP contribution in [0.2, 0.25) is 0 Å². The Labute approximate surface area is 128 Å². The average molecular weight is 291 g/mol. The minimum absolute atomic E-state index is 0.0957. The lowest BCUT2D eigenvalue weighted by atomic mass is 9.90. The van der Waals surface area contributed by atoms with E-state index >= 15 is 0 Å². The van der Waals surface area contributed by atoms with Gasteiger partial charge in [0.1, 0.15) is 0 Å². The maximum absolute atomic E-state index is 11.7. The second-order valence-corrected chi connectivity index (χ2v) is 6.17. The highest BCUT2D eigenvalue weighted by Gasteiger charge is 2.23. The summed E-state index contributed by atoms with van der Waals surface area (Å²) in [6.45, 7) is 5.09. The molecule has 1 aromatic rings. The monoisotopic (exact) mass is 291 g/mol. The molecule has 1 saturated carbocycles. The molecule has 0 bridgehead atoms. The van der Waals surface area contributed by atoms with Crippen molar-refractivity contribution in [1.82, 2.24) is 14.8 Å². The number of hydrogen-bond donors (Lipinski definition) is 1. The fourth-order valence-corrected chi connectivity index (χ4v) is 3.16. The number of nitrogens with one attached hydrogen (secondary N) is 1. The maximum atomic E-state index is 11.7. The van der Waals surface area contributed by atoms with Gasteiger partial charge in [-0.2, -0.15) is 0 Å². The van der Waals surface area contributed by atoms with Gasteiger partial charge in [0.15, 0.2) is 0 Å². The van der Waals surface area contributed by atoms with Crippen molar-refractivity contribution >= 4 is 0 Å². The SMILES string of the molecule is CCCNC1CCC(N(C)CCn2ccccc2=O)CC1. The van der Waals surface area contributed by atoms with Gasteiger partial charge in [0.2, 0.25) is 0 Å². The van der Waals surface area contributed by atoms with E-state index in [1.54, 1.807) is 16.7 Å². The first kappa shape index (κ1) is 16.2. The zero-order valence-electron chi connectivity index (χ0n) is 13.4. The Morgan fingerprint density at radius 3 is 2.71 bits per heavy atom. The molecule has 1 N–H and O–H groups in total. The molecule has 0 atom stereocenters. The van der Waals surface area contributed by atoms with Gasteiger partial charge in [0, 0.05) is 37.4 Å². The molecule has 0 aliphatic heterocycles. The van der Waals surface area contributed by atoms with Crippen molar-refractivity contribution in [3.8, 4) is 0 Å². The van der Waals surface area contributed by atoms with Gasteiger partial charge in [-0.15, -0.1) is 0 Å². The molecule has 0 unspecified atom stereocenters. The van der Waals surface area contributed by atoms with Gasteiger partial charge in [0.05, 0.1) is 0 Å². The van der Waals surface area contributed by atoms with Gasteiger partial charge in [-0.3, -0.25) is 4.79 Å². The number of pyridine rings is 1. The van der Waals surface area contributed by atoms with Crippen molar-refractivity contribution in [2.45, 2.75) is 57.7 Å². The van der Waals surface area contributed by atoms with Gasteiger partial charge in [-0.25, -0.2) is 0 Å². The van der Waals surface area contributed by atoms with Crippen molar-refractivity contribution in [2.24, 2.45) is 0 Å². The number of likely N-dealkylation sites (N-methyl/N-ethyl adjacent to an activating group) is 1. The summed E-state index contributed by atoms with van der Waals surface area (Å²) >= 11 is 0. The minimum Gasteiger partial charge on any atom is -0.314 e. The third kappa shape index (κ3) is 4.97. The van der Waals surface area contributed by atoms with E-state index in [-0.39, 0.29) is 5.56 Å². The summed E-state index contributed by atoms with van der Waals surface area (Å²) in [7, 11) is 2.19. The second-order valence-electron chi connectivity index (χ2n) is 6.17. The smallest absolute Gasteiger partial charge is 0.250 e. The zero-order chi connectivity index (χ0) is 15.1. The Morgan fingerprint density at radius 1 is 1.29 bits per heavy atom. The number of aromatic nitrogens is 1. The fourth-order valence-electron chi connectivity index (χ4n) is 3.16. The van der Waals surface area contributed by atoms with E-state index in [9.17, 15) is 4.79 Å². The van der Waals surface area contributed by atoms with Crippen LogP contribution in [0.1, 0.15) is 39.0 Å². The highest BCUT2D eigenvalue weighted by Crippen LogP contribution is 2.22. The normalized spacial score (nSPS) is 22.6. The molecule has 2 rings (SSSR count). The van der Waals surface area contributed by atoms with Crippen LogP contribution in [-0.2, 0) is 6.54 Å². The number of rotatable bonds is 7. The van der Waals surface area contributed by atoms with Crippen LogP contribution >= 0.6 is 0 Å². The third-order valence-corrected chi connectivity index (χ3v) is 4.60. The van der Waals surface area contributed by atoms with Crippen LogP contribution in [0.15, 0.2) is 29.2 Å². The van der Waals surface area contributed by atoms with Crippen LogP contribution in [0.3, 0.4) is 0 Å². The van der Waals surface area contributed by atoms with Gasteiger partial charge in [-0.1, -0.05) is 13.0 Å². The van der Waals surface area contributed by atoms with E-state index in [1.165, 1.54) is 32.1 Å². The molecule has 118 valence electrons. The van der Waals surface area contributed by atoms with Crippen LogP contribution in [0.5, 0.6) is 0 Å². The van der Waals surface area contributed by atoms with Crippen LogP contribution in [0.4, 0.5) is 0 Å². The van der Waals surface area contributed by atoms with E-state index in [4.69, 9.17) is 0 Å². The van der Waals surface area contributed by atoms with Gasteiger partial charge in [-0.05, 0) is 51.8 Å². The van der Waals surface area contributed by atoms with Crippen molar-refractivity contribution in [3.05, 3.63) is 34.7 Å². The first-order chi connectivity index (χ1) is 10.2. The summed E-state index contributed by atoms with van der Waals surface area (Å²) in [6, 6.07) is 6.74. The third-order valence-electron chi connectivity index (χ3n) is 4.60. The molecule has 21 heavy (non-hydrogen) atoms. The average Bonchev–Trinajstić information content (AvgIpc) is 2.52. The molecular weight excluding hydrogens is 262 g/mol. The molecule has 0 aromatic carbocycles. The van der Waals surface area contributed by atoms with Crippen LogP contribution < -0.4 is 10.9 Å². The maximum Gasteiger partial charge on any atom is 0.250 e. The number of hydrogen-bond acceptors (Lipinski definition) is 3. The molecule has 4 nitrogen and oxygen atoms in total. The van der Waals surface area contributed by atoms with Crippen LogP contribution in [0.25, 0.3) is 0 Å². The summed E-state index contributed by atoms with van der Waals surface area (Å²) in [5.74, 6) is 0. The lowest BCUT2D eigenvalue weighted by Crippen LogP contribution is -2.42. The minimum atomic E-state index is 0.0957. The zero-order valence-corrected chi connectivity index (χ0v) is 13.4. The Kier molecular flexibility index (Phi) is 6.46. The molecule has 4 heteroatoms. The van der Waals surface area contributed by atoms with Crippen molar-refractivity contribution in [2.75, 3.05) is 20.1 Å². The Balaban J connectivity index is 1.73. The highest BCUT2D eigenvalue weighted by molar-refractivity contribution is 4.93. The fraction of sp³-hybridized carbons (Fsp3) is 0.706. The van der Waals surface area contributed by atoms with E-state index in [2.05, 4.69) is 24.2 Å². The quantitative estimate of drug-likeness (QED) is 0.836.